The van der Waals surface area contributed by atoms with Gasteiger partial charge in [-0.1, -0.05) is 19.9 Å². The molecule has 0 bridgehead atoms. The monoisotopic (exact) mass is 318 g/mol. The maximum Gasteiger partial charge on any atom is 0.274 e. The molecule has 23 heavy (non-hydrogen) atoms. The molecule has 0 aliphatic heterocycles. The number of aromatic hydroxyl groups is 1. The highest BCUT2D eigenvalue weighted by atomic mass is 16.3. The number of amides is 1. The summed E-state index contributed by atoms with van der Waals surface area (Å²) in [6, 6.07) is 4.96. The zero-order valence-corrected chi connectivity index (χ0v) is 13.5. The molecule has 1 amide bonds. The first-order valence-corrected chi connectivity index (χ1v) is 7.79. The zero-order chi connectivity index (χ0) is 16.8. The van der Waals surface area contributed by atoms with E-state index in [0.717, 1.165) is 26.1 Å². The summed E-state index contributed by atoms with van der Waals surface area (Å²) in [5.74, 6) is -1.14. The van der Waals surface area contributed by atoms with Gasteiger partial charge < -0.3 is 15.3 Å². The maximum absolute atomic E-state index is 12.3. The van der Waals surface area contributed by atoms with Gasteiger partial charge in [-0.25, -0.2) is 0 Å². The van der Waals surface area contributed by atoms with Crippen molar-refractivity contribution in [3.05, 3.63) is 40.3 Å². The van der Waals surface area contributed by atoms with E-state index in [4.69, 9.17) is 0 Å². The van der Waals surface area contributed by atoms with Gasteiger partial charge in [0.05, 0.1) is 0 Å². The number of aromatic nitrogens is 2. The largest absolute Gasteiger partial charge is 0.493 e. The molecule has 2 rings (SSSR count). The van der Waals surface area contributed by atoms with Crippen LogP contribution in [0.4, 0.5) is 0 Å². The summed E-state index contributed by atoms with van der Waals surface area (Å²) in [5, 5.41) is 12.6. The molecule has 2 N–H and O–H groups in total. The summed E-state index contributed by atoms with van der Waals surface area (Å²) in [6.45, 7) is 7.39. The average molecular weight is 318 g/mol. The first-order chi connectivity index (χ1) is 11.1. The van der Waals surface area contributed by atoms with E-state index in [1.165, 1.54) is 10.6 Å². The molecule has 2 heterocycles. The highest BCUT2D eigenvalue weighted by Crippen LogP contribution is 2.10. The SMILES string of the molecule is CCN(CC)CCCNC(=O)c1c(O)nc2ccccn2c1=O. The van der Waals surface area contributed by atoms with E-state index in [-0.39, 0.29) is 5.56 Å². The normalized spacial score (nSPS) is 11.1. The summed E-state index contributed by atoms with van der Waals surface area (Å²) >= 11 is 0. The molecule has 2 aromatic rings. The molecular formula is C16H22N4O3. The fourth-order valence-corrected chi connectivity index (χ4v) is 2.41. The molecule has 0 aliphatic rings. The maximum atomic E-state index is 12.3. The first-order valence-electron chi connectivity index (χ1n) is 7.79. The molecule has 7 nitrogen and oxygen atoms in total. The number of fused-ring (bicyclic) bond motifs is 1. The molecular weight excluding hydrogens is 296 g/mol. The molecule has 0 saturated carbocycles. The van der Waals surface area contributed by atoms with E-state index in [9.17, 15) is 14.7 Å². The van der Waals surface area contributed by atoms with Crippen LogP contribution in [0.2, 0.25) is 0 Å². The number of hydrogen-bond donors (Lipinski definition) is 2. The van der Waals surface area contributed by atoms with Crippen molar-refractivity contribution in [2.75, 3.05) is 26.2 Å². The second-order valence-electron chi connectivity index (χ2n) is 5.18. The van der Waals surface area contributed by atoms with Crippen LogP contribution >= 0.6 is 0 Å². The summed E-state index contributed by atoms with van der Waals surface area (Å²) in [7, 11) is 0. The van der Waals surface area contributed by atoms with Crippen LogP contribution in [0.1, 0.15) is 30.6 Å². The Morgan fingerprint density at radius 3 is 2.78 bits per heavy atom. The summed E-state index contributed by atoms with van der Waals surface area (Å²) in [5.41, 5.74) is -0.598. The standard InChI is InChI=1S/C16H22N4O3/c1-3-19(4-2)10-7-9-17-14(21)13-15(22)18-12-8-5-6-11-20(12)16(13)23/h5-6,8,11,22H,3-4,7,9-10H2,1-2H3,(H,17,21). The number of hydrogen-bond acceptors (Lipinski definition) is 5. The minimum atomic E-state index is -0.599. The van der Waals surface area contributed by atoms with Crippen molar-refractivity contribution >= 4 is 11.6 Å². The Kier molecular flexibility index (Phi) is 5.70. The number of nitrogens with zero attached hydrogens (tertiary/aromatic N) is 3. The highest BCUT2D eigenvalue weighted by Gasteiger charge is 2.19. The van der Waals surface area contributed by atoms with Crippen molar-refractivity contribution < 1.29 is 9.90 Å². The molecule has 0 saturated heterocycles. The van der Waals surface area contributed by atoms with Crippen LogP contribution in [-0.2, 0) is 0 Å². The van der Waals surface area contributed by atoms with E-state index in [1.54, 1.807) is 18.2 Å². The molecule has 0 aromatic carbocycles. The van der Waals surface area contributed by atoms with Gasteiger partial charge in [0.2, 0.25) is 5.88 Å². The van der Waals surface area contributed by atoms with Gasteiger partial charge >= 0.3 is 0 Å². The number of pyridine rings is 1. The van der Waals surface area contributed by atoms with E-state index >= 15 is 0 Å². The molecule has 0 spiro atoms. The Balaban J connectivity index is 2.08. The fraction of sp³-hybridized carbons (Fsp3) is 0.438. The third-order valence-corrected chi connectivity index (χ3v) is 3.77. The lowest BCUT2D eigenvalue weighted by Gasteiger charge is -2.17. The van der Waals surface area contributed by atoms with Crippen LogP contribution in [0.15, 0.2) is 29.2 Å². The Bertz CT molecular complexity index is 738. The molecule has 0 aliphatic carbocycles. The van der Waals surface area contributed by atoms with Crippen LogP contribution in [0, 0.1) is 0 Å². The lowest BCUT2D eigenvalue weighted by atomic mass is 10.2. The fourth-order valence-electron chi connectivity index (χ4n) is 2.41. The Labute approximate surface area is 134 Å². The lowest BCUT2D eigenvalue weighted by Crippen LogP contribution is -2.34. The van der Waals surface area contributed by atoms with Crippen molar-refractivity contribution in [2.24, 2.45) is 0 Å². The lowest BCUT2D eigenvalue weighted by molar-refractivity contribution is 0.0946. The molecule has 2 aromatic heterocycles. The number of carbonyl (C=O) groups excluding carboxylic acids is 1. The van der Waals surface area contributed by atoms with Crippen LogP contribution < -0.4 is 10.9 Å². The predicted octanol–water partition coefficient (Wildman–Crippen LogP) is 0.862. The molecule has 0 unspecified atom stereocenters. The Hall–Kier alpha value is -2.41. The smallest absolute Gasteiger partial charge is 0.274 e. The highest BCUT2D eigenvalue weighted by molar-refractivity contribution is 5.96. The number of rotatable bonds is 7. The van der Waals surface area contributed by atoms with Gasteiger partial charge in [-0.3, -0.25) is 14.0 Å². The van der Waals surface area contributed by atoms with Crippen LogP contribution in [0.5, 0.6) is 5.88 Å². The molecule has 0 atom stereocenters. The third-order valence-electron chi connectivity index (χ3n) is 3.77. The second-order valence-corrected chi connectivity index (χ2v) is 5.18. The molecule has 7 heteroatoms. The Morgan fingerprint density at radius 2 is 2.09 bits per heavy atom. The van der Waals surface area contributed by atoms with E-state index in [2.05, 4.69) is 29.0 Å². The third kappa shape index (κ3) is 3.87. The Morgan fingerprint density at radius 1 is 1.35 bits per heavy atom. The van der Waals surface area contributed by atoms with Gasteiger partial charge in [0.25, 0.3) is 11.5 Å². The summed E-state index contributed by atoms with van der Waals surface area (Å²) in [6.07, 6.45) is 2.29. The first kappa shape index (κ1) is 17.0. The van der Waals surface area contributed by atoms with Gasteiger partial charge in [-0.15, -0.1) is 0 Å². The molecule has 0 radical (unpaired) electrons. The minimum absolute atomic E-state index is 0.299. The molecule has 0 fully saturated rings. The summed E-state index contributed by atoms with van der Waals surface area (Å²) < 4.78 is 1.24. The van der Waals surface area contributed by atoms with Crippen LogP contribution in [0.3, 0.4) is 0 Å². The van der Waals surface area contributed by atoms with E-state index < -0.39 is 17.3 Å². The summed E-state index contributed by atoms with van der Waals surface area (Å²) in [4.78, 5) is 30.6. The van der Waals surface area contributed by atoms with E-state index in [0.29, 0.717) is 12.2 Å². The van der Waals surface area contributed by atoms with Gasteiger partial charge in [0.1, 0.15) is 5.65 Å². The topological polar surface area (TPSA) is 86.9 Å². The van der Waals surface area contributed by atoms with Crippen molar-refractivity contribution in [1.82, 2.24) is 19.6 Å². The van der Waals surface area contributed by atoms with Crippen molar-refractivity contribution in [3.8, 4) is 5.88 Å². The number of nitrogens with one attached hydrogen (secondary N) is 1. The van der Waals surface area contributed by atoms with Gasteiger partial charge in [0.15, 0.2) is 5.56 Å². The van der Waals surface area contributed by atoms with Crippen molar-refractivity contribution in [1.29, 1.82) is 0 Å². The van der Waals surface area contributed by atoms with Crippen LogP contribution in [0.25, 0.3) is 5.65 Å². The number of carbonyl (C=O) groups is 1. The van der Waals surface area contributed by atoms with E-state index in [1.807, 2.05) is 0 Å². The quantitative estimate of drug-likeness (QED) is 0.740. The molecule has 124 valence electrons. The minimum Gasteiger partial charge on any atom is -0.493 e. The zero-order valence-electron chi connectivity index (χ0n) is 13.5. The van der Waals surface area contributed by atoms with Crippen LogP contribution in [-0.4, -0.2) is 51.5 Å². The van der Waals surface area contributed by atoms with Crippen molar-refractivity contribution in [2.45, 2.75) is 20.3 Å². The second kappa shape index (κ2) is 7.73. The predicted molar refractivity (Wildman–Crippen MR) is 87.9 cm³/mol. The van der Waals surface area contributed by atoms with Gasteiger partial charge in [0, 0.05) is 12.7 Å². The average Bonchev–Trinajstić information content (AvgIpc) is 2.55. The van der Waals surface area contributed by atoms with Gasteiger partial charge in [-0.2, -0.15) is 4.98 Å². The van der Waals surface area contributed by atoms with Crippen molar-refractivity contribution in [3.63, 3.8) is 0 Å². The van der Waals surface area contributed by atoms with Gasteiger partial charge in [-0.05, 0) is 38.2 Å².